The van der Waals surface area contributed by atoms with Gasteiger partial charge in [0.05, 0.1) is 5.41 Å². The Balaban J connectivity index is 1.95. The molecule has 0 heterocycles. The van der Waals surface area contributed by atoms with Crippen LogP contribution in [0.5, 0.6) is 5.75 Å². The van der Waals surface area contributed by atoms with Crippen LogP contribution in [0.15, 0.2) is 36.4 Å². The molecule has 2 rings (SSSR count). The molecule has 0 unspecified atom stereocenters. The Labute approximate surface area is 166 Å². The zero-order chi connectivity index (χ0) is 21.7. The molecule has 0 aliphatic carbocycles. The van der Waals surface area contributed by atoms with Crippen LogP contribution < -0.4 is 4.74 Å². The summed E-state index contributed by atoms with van der Waals surface area (Å²) < 4.78 is 50.7. The number of hydrogen-bond donors (Lipinski definition) is 0. The lowest BCUT2D eigenvalue weighted by Crippen LogP contribution is -2.25. The molecule has 0 amide bonds. The number of carbonyl (C=O) groups is 2. The van der Waals surface area contributed by atoms with Gasteiger partial charge < -0.3 is 14.2 Å². The van der Waals surface area contributed by atoms with Crippen LogP contribution in [-0.2, 0) is 25.7 Å². The van der Waals surface area contributed by atoms with Crippen molar-refractivity contribution in [1.82, 2.24) is 0 Å². The zero-order valence-electron chi connectivity index (χ0n) is 16.5. The largest absolute Gasteiger partial charge is 0.482 e. The number of benzene rings is 2. The van der Waals surface area contributed by atoms with Crippen LogP contribution in [0.1, 0.15) is 32.8 Å². The first kappa shape index (κ1) is 22.5. The van der Waals surface area contributed by atoms with Crippen LogP contribution >= 0.6 is 0 Å². The fourth-order valence-electron chi connectivity index (χ4n) is 2.29. The van der Waals surface area contributed by atoms with Gasteiger partial charge in [-0.15, -0.1) is 0 Å². The third-order valence-corrected chi connectivity index (χ3v) is 4.44. The molecule has 8 heteroatoms. The average molecular weight is 412 g/mol. The minimum absolute atomic E-state index is 0.154. The molecule has 2 aromatic rings. The van der Waals surface area contributed by atoms with E-state index >= 15 is 0 Å². The van der Waals surface area contributed by atoms with E-state index in [1.807, 2.05) is 26.8 Å². The van der Waals surface area contributed by atoms with Crippen molar-refractivity contribution in [2.75, 3.05) is 13.2 Å². The molecule has 0 spiro atoms. The second kappa shape index (κ2) is 9.15. The summed E-state index contributed by atoms with van der Waals surface area (Å²) in [4.78, 5) is 23.4. The highest BCUT2D eigenvalue weighted by molar-refractivity contribution is 5.84. The van der Waals surface area contributed by atoms with Crippen molar-refractivity contribution < 1.29 is 37.0 Å². The number of fused-ring (bicyclic) bond motifs is 1. The Morgan fingerprint density at radius 3 is 2.28 bits per heavy atom. The molecule has 0 aromatic heterocycles. The molecule has 0 aliphatic rings. The van der Waals surface area contributed by atoms with Crippen molar-refractivity contribution in [3.63, 3.8) is 0 Å². The molecule has 2 aromatic carbocycles. The number of esters is 2. The first-order valence-corrected chi connectivity index (χ1v) is 9.05. The lowest BCUT2D eigenvalue weighted by atomic mass is 9.91. The molecular formula is C21H23F3O5. The zero-order valence-corrected chi connectivity index (χ0v) is 16.5. The smallest absolute Gasteiger partial charge is 0.422 e. The van der Waals surface area contributed by atoms with Gasteiger partial charge >= 0.3 is 18.1 Å². The maximum absolute atomic E-state index is 12.1. The molecule has 0 radical (unpaired) electrons. The van der Waals surface area contributed by atoms with Gasteiger partial charge in [-0.05, 0) is 54.8 Å². The van der Waals surface area contributed by atoms with Crippen LogP contribution in [0.3, 0.4) is 0 Å². The molecule has 0 saturated heterocycles. The minimum Gasteiger partial charge on any atom is -0.482 e. The van der Waals surface area contributed by atoms with E-state index in [-0.39, 0.29) is 12.6 Å². The fourth-order valence-corrected chi connectivity index (χ4v) is 2.29. The summed E-state index contributed by atoms with van der Waals surface area (Å²) in [5.41, 5.74) is 0.284. The summed E-state index contributed by atoms with van der Waals surface area (Å²) in [6.45, 7) is 3.47. The molecule has 0 N–H and O–H groups in total. The third kappa shape index (κ3) is 6.96. The number of hydrogen-bond acceptors (Lipinski definition) is 5. The van der Waals surface area contributed by atoms with Gasteiger partial charge in [0.1, 0.15) is 12.4 Å². The van der Waals surface area contributed by atoms with Crippen LogP contribution in [-0.4, -0.2) is 31.3 Å². The SMILES string of the molecule is CCC(C)(C)C(=O)OCc1ccc2cc(OCC(=O)OCC(F)(F)F)ccc2c1. The highest BCUT2D eigenvalue weighted by Gasteiger charge is 2.29. The van der Waals surface area contributed by atoms with Gasteiger partial charge in [0, 0.05) is 0 Å². The first-order valence-electron chi connectivity index (χ1n) is 9.05. The normalized spacial score (nSPS) is 11.9. The number of rotatable bonds is 8. The predicted octanol–water partition coefficient (Wildman–Crippen LogP) is 4.80. The Hall–Kier alpha value is -2.77. The highest BCUT2D eigenvalue weighted by Crippen LogP contribution is 2.25. The Bertz CT molecular complexity index is 874. The van der Waals surface area contributed by atoms with Gasteiger partial charge in [0.2, 0.25) is 0 Å². The highest BCUT2D eigenvalue weighted by atomic mass is 19.4. The number of carbonyl (C=O) groups excluding carboxylic acids is 2. The van der Waals surface area contributed by atoms with E-state index in [9.17, 15) is 22.8 Å². The molecule has 5 nitrogen and oxygen atoms in total. The lowest BCUT2D eigenvalue weighted by molar-refractivity contribution is -0.187. The monoisotopic (exact) mass is 412 g/mol. The van der Waals surface area contributed by atoms with Gasteiger partial charge in [-0.2, -0.15) is 13.2 Å². The van der Waals surface area contributed by atoms with Crippen molar-refractivity contribution >= 4 is 22.7 Å². The van der Waals surface area contributed by atoms with Crippen molar-refractivity contribution in [3.05, 3.63) is 42.0 Å². The number of halogens is 3. The van der Waals surface area contributed by atoms with Gasteiger partial charge in [-0.3, -0.25) is 4.79 Å². The predicted molar refractivity (Wildman–Crippen MR) is 100 cm³/mol. The van der Waals surface area contributed by atoms with Gasteiger partial charge in [-0.1, -0.05) is 25.1 Å². The topological polar surface area (TPSA) is 61.8 Å². The van der Waals surface area contributed by atoms with Crippen molar-refractivity contribution in [1.29, 1.82) is 0 Å². The maximum atomic E-state index is 12.1. The van der Waals surface area contributed by atoms with E-state index in [0.29, 0.717) is 12.2 Å². The minimum atomic E-state index is -4.57. The van der Waals surface area contributed by atoms with Crippen LogP contribution in [0, 0.1) is 5.41 Å². The van der Waals surface area contributed by atoms with Crippen LogP contribution in [0.25, 0.3) is 10.8 Å². The van der Waals surface area contributed by atoms with E-state index in [1.165, 1.54) is 0 Å². The van der Waals surface area contributed by atoms with Crippen LogP contribution in [0.2, 0.25) is 0 Å². The van der Waals surface area contributed by atoms with Gasteiger partial charge in [0.25, 0.3) is 0 Å². The summed E-state index contributed by atoms with van der Waals surface area (Å²) in [5.74, 6) is -1.04. The summed E-state index contributed by atoms with van der Waals surface area (Å²) in [5, 5.41) is 1.66. The maximum Gasteiger partial charge on any atom is 0.422 e. The molecular weight excluding hydrogens is 389 g/mol. The van der Waals surface area contributed by atoms with Gasteiger partial charge in [-0.25, -0.2) is 4.79 Å². The number of alkyl halides is 3. The summed E-state index contributed by atoms with van der Waals surface area (Å²) in [6.07, 6.45) is -3.90. The summed E-state index contributed by atoms with van der Waals surface area (Å²) in [6, 6.07) is 10.5. The first-order chi connectivity index (χ1) is 13.5. The van der Waals surface area contributed by atoms with E-state index in [2.05, 4.69) is 4.74 Å². The van der Waals surface area contributed by atoms with Crippen molar-refractivity contribution in [2.45, 2.75) is 40.0 Å². The van der Waals surface area contributed by atoms with Crippen molar-refractivity contribution in [2.24, 2.45) is 5.41 Å². The Morgan fingerprint density at radius 2 is 1.62 bits per heavy atom. The summed E-state index contributed by atoms with van der Waals surface area (Å²) >= 11 is 0. The average Bonchev–Trinajstić information content (AvgIpc) is 2.67. The lowest BCUT2D eigenvalue weighted by Gasteiger charge is -2.20. The standard InChI is InChI=1S/C21H23F3O5/c1-4-20(2,3)19(26)28-11-14-5-6-16-10-17(8-7-15(16)9-14)27-12-18(25)29-13-21(22,23)24/h5-10H,4,11-13H2,1-3H3. The second-order valence-electron chi connectivity index (χ2n) is 7.22. The fraction of sp³-hybridized carbons (Fsp3) is 0.429. The summed E-state index contributed by atoms with van der Waals surface area (Å²) in [7, 11) is 0. The number of ether oxygens (including phenoxy) is 3. The molecule has 158 valence electrons. The van der Waals surface area contributed by atoms with E-state index in [1.54, 1.807) is 30.3 Å². The Morgan fingerprint density at radius 1 is 0.966 bits per heavy atom. The molecule has 0 atom stereocenters. The second-order valence-corrected chi connectivity index (χ2v) is 7.22. The quantitative estimate of drug-likeness (QED) is 0.583. The van der Waals surface area contributed by atoms with E-state index < -0.39 is 30.8 Å². The molecule has 29 heavy (non-hydrogen) atoms. The third-order valence-electron chi connectivity index (χ3n) is 4.44. The van der Waals surface area contributed by atoms with Crippen molar-refractivity contribution in [3.8, 4) is 5.75 Å². The Kier molecular flexibility index (Phi) is 7.11. The molecule has 0 saturated carbocycles. The molecule has 0 fully saturated rings. The van der Waals surface area contributed by atoms with E-state index in [4.69, 9.17) is 9.47 Å². The molecule has 0 aliphatic heterocycles. The molecule has 0 bridgehead atoms. The van der Waals surface area contributed by atoms with Crippen LogP contribution in [0.4, 0.5) is 13.2 Å². The van der Waals surface area contributed by atoms with Gasteiger partial charge in [0.15, 0.2) is 13.2 Å². The van der Waals surface area contributed by atoms with E-state index in [0.717, 1.165) is 16.3 Å².